The predicted molar refractivity (Wildman–Crippen MR) is 84.8 cm³/mol. The van der Waals surface area contributed by atoms with Gasteiger partial charge in [-0.3, -0.25) is 4.79 Å². The number of rotatable bonds is 11. The van der Waals surface area contributed by atoms with Gasteiger partial charge in [-0.05, 0) is 17.7 Å². The molecule has 0 aliphatic rings. The number of hydrogen-bond donors (Lipinski definition) is 2. The molecular weight excluding hydrogens is 318 g/mol. The van der Waals surface area contributed by atoms with Crippen LogP contribution in [0.3, 0.4) is 0 Å². The fourth-order valence-electron chi connectivity index (χ4n) is 2.02. The Morgan fingerprint density at radius 3 is 2.33 bits per heavy atom. The lowest BCUT2D eigenvalue weighted by Gasteiger charge is -2.23. The highest BCUT2D eigenvalue weighted by Crippen LogP contribution is 2.23. The van der Waals surface area contributed by atoms with Crippen LogP contribution in [0.15, 0.2) is 24.3 Å². The fourth-order valence-corrected chi connectivity index (χ4v) is 2.02. The fraction of sp³-hybridized carbons (Fsp3) is 0.500. The molecule has 0 aliphatic heterocycles. The van der Waals surface area contributed by atoms with Crippen LogP contribution in [0.2, 0.25) is 0 Å². The van der Waals surface area contributed by atoms with E-state index in [0.717, 1.165) is 0 Å². The van der Waals surface area contributed by atoms with E-state index in [0.29, 0.717) is 24.5 Å². The van der Waals surface area contributed by atoms with Gasteiger partial charge in [-0.1, -0.05) is 12.1 Å². The second kappa shape index (κ2) is 10.6. The third kappa shape index (κ3) is 6.53. The van der Waals surface area contributed by atoms with Crippen molar-refractivity contribution in [2.75, 3.05) is 34.2 Å². The Morgan fingerprint density at radius 1 is 1.17 bits per heavy atom. The van der Waals surface area contributed by atoms with Gasteiger partial charge in [-0.15, -0.1) is 0 Å². The number of aliphatic carboxylic acids is 1. The molecule has 0 spiro atoms. The van der Waals surface area contributed by atoms with Crippen molar-refractivity contribution in [1.29, 1.82) is 0 Å². The monoisotopic (exact) mass is 341 g/mol. The highest BCUT2D eigenvalue weighted by atomic mass is 16.7. The van der Waals surface area contributed by atoms with Crippen molar-refractivity contribution in [2.24, 2.45) is 0 Å². The highest BCUT2D eigenvalue weighted by molar-refractivity contribution is 5.82. The van der Waals surface area contributed by atoms with Crippen LogP contribution < -0.4 is 10.1 Å². The van der Waals surface area contributed by atoms with Gasteiger partial charge >= 0.3 is 5.97 Å². The van der Waals surface area contributed by atoms with Crippen molar-refractivity contribution in [3.63, 3.8) is 0 Å². The van der Waals surface area contributed by atoms with Crippen LogP contribution in [0.25, 0.3) is 0 Å². The lowest BCUT2D eigenvalue weighted by molar-refractivity contribution is -0.145. The summed E-state index contributed by atoms with van der Waals surface area (Å²) in [6.07, 6.45) is -0.821. The van der Waals surface area contributed by atoms with Crippen LogP contribution >= 0.6 is 0 Å². The second-order valence-electron chi connectivity index (χ2n) is 4.91. The van der Waals surface area contributed by atoms with Gasteiger partial charge in [0.1, 0.15) is 11.9 Å². The molecule has 1 rings (SSSR count). The summed E-state index contributed by atoms with van der Waals surface area (Å²) in [6.45, 7) is 2.25. The summed E-state index contributed by atoms with van der Waals surface area (Å²) in [6, 6.07) is 5.52. The first-order valence-corrected chi connectivity index (χ1v) is 7.31. The maximum Gasteiger partial charge on any atom is 0.329 e. The average Bonchev–Trinajstić information content (AvgIpc) is 2.55. The van der Waals surface area contributed by atoms with E-state index in [1.165, 1.54) is 14.0 Å². The Kier molecular flexibility index (Phi) is 8.77. The van der Waals surface area contributed by atoms with Crippen LogP contribution in [0, 0.1) is 0 Å². The molecule has 0 fully saturated rings. The molecule has 0 saturated heterocycles. The molecule has 0 unspecified atom stereocenters. The first-order chi connectivity index (χ1) is 11.5. The van der Waals surface area contributed by atoms with Gasteiger partial charge in [-0.2, -0.15) is 0 Å². The molecule has 0 heterocycles. The summed E-state index contributed by atoms with van der Waals surface area (Å²) in [5, 5.41) is 11.7. The van der Waals surface area contributed by atoms with Gasteiger partial charge < -0.3 is 29.4 Å². The number of amides is 1. The number of nitrogens with one attached hydrogen (secondary N) is 1. The number of carbonyl (C=O) groups excluding carboxylic acids is 1. The predicted octanol–water partition coefficient (Wildman–Crippen LogP) is 0.963. The third-order valence-electron chi connectivity index (χ3n) is 3.13. The molecule has 0 bridgehead atoms. The third-order valence-corrected chi connectivity index (χ3v) is 3.13. The van der Waals surface area contributed by atoms with Gasteiger partial charge in [0.15, 0.2) is 12.8 Å². The standard InChI is InChI=1S/C16H23NO7/c1-11(18)17-14(16(19)20)15(22-3)12-4-6-13(7-5-12)24-10-23-9-8-21-2/h4-7,14-15H,8-10H2,1-3H3,(H,17,18)(H,19,20)/t14-,15-/m1/s1. The molecule has 0 aromatic heterocycles. The number of hydrogen-bond acceptors (Lipinski definition) is 6. The number of carbonyl (C=O) groups is 2. The summed E-state index contributed by atoms with van der Waals surface area (Å²) in [7, 11) is 2.97. The minimum absolute atomic E-state index is 0.0834. The number of carboxylic acids is 1. The first-order valence-electron chi connectivity index (χ1n) is 7.31. The highest BCUT2D eigenvalue weighted by Gasteiger charge is 2.30. The zero-order chi connectivity index (χ0) is 17.9. The Morgan fingerprint density at radius 2 is 1.83 bits per heavy atom. The molecule has 0 aliphatic carbocycles. The molecule has 8 heteroatoms. The largest absolute Gasteiger partial charge is 0.480 e. The van der Waals surface area contributed by atoms with Crippen LogP contribution in [-0.4, -0.2) is 57.3 Å². The van der Waals surface area contributed by atoms with Crippen molar-refractivity contribution in [3.05, 3.63) is 29.8 Å². The number of methoxy groups -OCH3 is 2. The van der Waals surface area contributed by atoms with Gasteiger partial charge in [-0.25, -0.2) is 4.79 Å². The molecule has 2 N–H and O–H groups in total. The molecule has 2 atom stereocenters. The molecule has 1 amide bonds. The zero-order valence-corrected chi connectivity index (χ0v) is 14.0. The van der Waals surface area contributed by atoms with Crippen LogP contribution in [0.1, 0.15) is 18.6 Å². The first kappa shape index (κ1) is 19.9. The molecule has 1 aromatic carbocycles. The SMILES string of the molecule is COCCOCOc1ccc([C@@H](OC)[C@@H](NC(C)=O)C(=O)O)cc1. The maximum absolute atomic E-state index is 11.4. The summed E-state index contributed by atoms with van der Waals surface area (Å²) in [4.78, 5) is 22.5. The second-order valence-corrected chi connectivity index (χ2v) is 4.91. The Bertz CT molecular complexity index is 518. The van der Waals surface area contributed by atoms with E-state index < -0.39 is 24.0 Å². The summed E-state index contributed by atoms with van der Waals surface area (Å²) in [5.74, 6) is -1.06. The topological polar surface area (TPSA) is 103 Å². The quantitative estimate of drug-likeness (QED) is 0.456. The normalized spacial score (nSPS) is 13.1. The Labute approximate surface area is 140 Å². The van der Waals surface area contributed by atoms with Gasteiger partial charge in [0.25, 0.3) is 0 Å². The molecule has 8 nitrogen and oxygen atoms in total. The lowest BCUT2D eigenvalue weighted by Crippen LogP contribution is -2.44. The minimum atomic E-state index is -1.18. The van der Waals surface area contributed by atoms with Crippen LogP contribution in [0.5, 0.6) is 5.75 Å². The number of carboxylic acid groups (broad SMARTS) is 1. The smallest absolute Gasteiger partial charge is 0.329 e. The van der Waals surface area contributed by atoms with E-state index in [9.17, 15) is 14.7 Å². The molecule has 24 heavy (non-hydrogen) atoms. The summed E-state index contributed by atoms with van der Waals surface area (Å²) < 4.78 is 20.7. The van der Waals surface area contributed by atoms with Gasteiger partial charge in [0.2, 0.25) is 5.91 Å². The van der Waals surface area contributed by atoms with E-state index in [-0.39, 0.29) is 6.79 Å². The summed E-state index contributed by atoms with van der Waals surface area (Å²) >= 11 is 0. The van der Waals surface area contributed by atoms with Crippen LogP contribution in [0.4, 0.5) is 0 Å². The molecular formula is C16H23NO7. The summed E-state index contributed by atoms with van der Waals surface area (Å²) in [5.41, 5.74) is 0.603. The van der Waals surface area contributed by atoms with Crippen molar-refractivity contribution < 1.29 is 33.6 Å². The van der Waals surface area contributed by atoms with E-state index in [2.05, 4.69) is 5.32 Å². The van der Waals surface area contributed by atoms with Crippen molar-refractivity contribution in [3.8, 4) is 5.75 Å². The minimum Gasteiger partial charge on any atom is -0.480 e. The van der Waals surface area contributed by atoms with Crippen molar-refractivity contribution in [2.45, 2.75) is 19.1 Å². The van der Waals surface area contributed by atoms with Gasteiger partial charge in [0.05, 0.1) is 13.2 Å². The zero-order valence-electron chi connectivity index (χ0n) is 14.0. The molecule has 1 aromatic rings. The molecule has 134 valence electrons. The van der Waals surface area contributed by atoms with Crippen molar-refractivity contribution in [1.82, 2.24) is 5.32 Å². The van der Waals surface area contributed by atoms with E-state index >= 15 is 0 Å². The maximum atomic E-state index is 11.4. The number of ether oxygens (including phenoxy) is 4. The average molecular weight is 341 g/mol. The van der Waals surface area contributed by atoms with Crippen LogP contribution in [-0.2, 0) is 23.8 Å². The van der Waals surface area contributed by atoms with Crippen molar-refractivity contribution >= 4 is 11.9 Å². The molecule has 0 radical (unpaired) electrons. The van der Waals surface area contributed by atoms with E-state index in [1.54, 1.807) is 31.4 Å². The lowest BCUT2D eigenvalue weighted by atomic mass is 10.0. The van der Waals surface area contributed by atoms with E-state index in [1.807, 2.05) is 0 Å². The Balaban J connectivity index is 2.69. The molecule has 0 saturated carbocycles. The Hall–Kier alpha value is -2.16. The van der Waals surface area contributed by atoms with Gasteiger partial charge in [0, 0.05) is 21.1 Å². The number of benzene rings is 1. The van der Waals surface area contributed by atoms with E-state index in [4.69, 9.17) is 18.9 Å².